The summed E-state index contributed by atoms with van der Waals surface area (Å²) < 4.78 is 5.58. The van der Waals surface area contributed by atoms with Gasteiger partial charge >= 0.3 is 0 Å². The van der Waals surface area contributed by atoms with Crippen molar-refractivity contribution < 1.29 is 4.74 Å². The molecule has 0 amide bonds. The molecule has 0 aromatic rings. The van der Waals surface area contributed by atoms with Gasteiger partial charge in [0.25, 0.3) is 0 Å². The molecule has 1 atom stereocenters. The average molecular weight is 159 g/mol. The largest absolute Gasteiger partial charge is 0.375 e. The van der Waals surface area contributed by atoms with Gasteiger partial charge in [0.15, 0.2) is 0 Å². The Balaban J connectivity index is 3.43. The summed E-state index contributed by atoms with van der Waals surface area (Å²) in [4.78, 5) is 2.26. The lowest BCUT2D eigenvalue weighted by Crippen LogP contribution is -2.30. The van der Waals surface area contributed by atoms with Crippen molar-refractivity contribution in [1.82, 2.24) is 4.90 Å². The Hall–Kier alpha value is -0.0800. The fourth-order valence-electron chi connectivity index (χ4n) is 1.08. The zero-order valence-corrected chi connectivity index (χ0v) is 8.42. The Bertz CT molecular complexity index is 93.6. The molecule has 0 bridgehead atoms. The quantitative estimate of drug-likeness (QED) is 0.606. The van der Waals surface area contributed by atoms with E-state index in [9.17, 15) is 0 Å². The summed E-state index contributed by atoms with van der Waals surface area (Å²) in [5.74, 6) is 0. The SMILES string of the molecule is CCN(C)CC(C)OC(C)C. The normalized spacial score (nSPS) is 14.5. The van der Waals surface area contributed by atoms with E-state index in [2.05, 4.69) is 39.6 Å². The van der Waals surface area contributed by atoms with Crippen LogP contribution in [0.1, 0.15) is 27.7 Å². The van der Waals surface area contributed by atoms with Crippen LogP contribution in [0.15, 0.2) is 0 Å². The second kappa shape index (κ2) is 5.56. The average Bonchev–Trinajstić information content (AvgIpc) is 1.85. The third-order valence-electron chi connectivity index (χ3n) is 1.61. The van der Waals surface area contributed by atoms with Gasteiger partial charge < -0.3 is 9.64 Å². The number of likely N-dealkylation sites (N-methyl/N-ethyl adjacent to an activating group) is 1. The highest BCUT2D eigenvalue weighted by Crippen LogP contribution is 1.98. The molecule has 2 heteroatoms. The summed E-state index contributed by atoms with van der Waals surface area (Å²) in [6.45, 7) is 10.5. The Morgan fingerprint density at radius 2 is 1.82 bits per heavy atom. The van der Waals surface area contributed by atoms with Gasteiger partial charge in [-0.25, -0.2) is 0 Å². The van der Waals surface area contributed by atoms with Crippen LogP contribution in [0.3, 0.4) is 0 Å². The van der Waals surface area contributed by atoms with Crippen LogP contribution < -0.4 is 0 Å². The summed E-state index contributed by atoms with van der Waals surface area (Å²) >= 11 is 0. The van der Waals surface area contributed by atoms with E-state index in [0.717, 1.165) is 13.1 Å². The number of hydrogen-bond donors (Lipinski definition) is 0. The van der Waals surface area contributed by atoms with Crippen molar-refractivity contribution in [3.63, 3.8) is 0 Å². The van der Waals surface area contributed by atoms with Crippen LogP contribution in [-0.4, -0.2) is 37.2 Å². The standard InChI is InChI=1S/C9H21NO/c1-6-10(5)7-9(4)11-8(2)3/h8-9H,6-7H2,1-5H3. The van der Waals surface area contributed by atoms with Crippen molar-refractivity contribution >= 4 is 0 Å². The first-order chi connectivity index (χ1) is 5.06. The summed E-state index contributed by atoms with van der Waals surface area (Å²) in [6.07, 6.45) is 0.690. The van der Waals surface area contributed by atoms with Crippen molar-refractivity contribution in [2.24, 2.45) is 0 Å². The minimum atomic E-state index is 0.343. The van der Waals surface area contributed by atoms with Crippen LogP contribution in [0.25, 0.3) is 0 Å². The van der Waals surface area contributed by atoms with Gasteiger partial charge in [-0.2, -0.15) is 0 Å². The molecule has 1 unspecified atom stereocenters. The highest BCUT2D eigenvalue weighted by atomic mass is 16.5. The predicted molar refractivity (Wildman–Crippen MR) is 48.9 cm³/mol. The van der Waals surface area contributed by atoms with Crippen molar-refractivity contribution in [1.29, 1.82) is 0 Å². The van der Waals surface area contributed by atoms with E-state index in [-0.39, 0.29) is 0 Å². The first-order valence-corrected chi connectivity index (χ1v) is 4.40. The molecule has 0 N–H and O–H groups in total. The van der Waals surface area contributed by atoms with Gasteiger partial charge in [-0.05, 0) is 34.4 Å². The Kier molecular flexibility index (Phi) is 5.51. The lowest BCUT2D eigenvalue weighted by Gasteiger charge is -2.21. The van der Waals surface area contributed by atoms with E-state index in [1.165, 1.54) is 0 Å². The molecule has 0 aliphatic carbocycles. The first-order valence-electron chi connectivity index (χ1n) is 4.40. The monoisotopic (exact) mass is 159 g/mol. The highest BCUT2D eigenvalue weighted by Gasteiger charge is 2.06. The molecular formula is C9H21NO. The van der Waals surface area contributed by atoms with Crippen molar-refractivity contribution in [3.05, 3.63) is 0 Å². The molecule has 0 aliphatic heterocycles. The van der Waals surface area contributed by atoms with Crippen molar-refractivity contribution in [2.45, 2.75) is 39.9 Å². The maximum absolute atomic E-state index is 5.58. The topological polar surface area (TPSA) is 12.5 Å². The summed E-state index contributed by atoms with van der Waals surface area (Å²) in [5, 5.41) is 0. The molecule has 0 radical (unpaired) electrons. The highest BCUT2D eigenvalue weighted by molar-refractivity contribution is 4.57. The van der Waals surface area contributed by atoms with E-state index in [0.29, 0.717) is 12.2 Å². The molecule has 0 aromatic carbocycles. The molecule has 0 saturated carbocycles. The zero-order chi connectivity index (χ0) is 8.85. The molecule has 0 fully saturated rings. The van der Waals surface area contributed by atoms with Crippen LogP contribution in [0, 0.1) is 0 Å². The van der Waals surface area contributed by atoms with E-state index in [1.807, 2.05) is 0 Å². The minimum absolute atomic E-state index is 0.343. The predicted octanol–water partition coefficient (Wildman–Crippen LogP) is 1.75. The van der Waals surface area contributed by atoms with E-state index < -0.39 is 0 Å². The molecule has 11 heavy (non-hydrogen) atoms. The first kappa shape index (κ1) is 10.9. The number of nitrogens with zero attached hydrogens (tertiary/aromatic N) is 1. The number of hydrogen-bond acceptors (Lipinski definition) is 2. The third kappa shape index (κ3) is 6.32. The van der Waals surface area contributed by atoms with Crippen LogP contribution in [-0.2, 0) is 4.74 Å². The zero-order valence-electron chi connectivity index (χ0n) is 8.42. The van der Waals surface area contributed by atoms with Gasteiger partial charge in [0, 0.05) is 6.54 Å². The number of rotatable bonds is 5. The molecule has 0 spiro atoms. The van der Waals surface area contributed by atoms with Gasteiger partial charge in [0.1, 0.15) is 0 Å². The van der Waals surface area contributed by atoms with Gasteiger partial charge in [0.2, 0.25) is 0 Å². The van der Waals surface area contributed by atoms with Crippen LogP contribution in [0.4, 0.5) is 0 Å². The fourth-order valence-corrected chi connectivity index (χ4v) is 1.08. The van der Waals surface area contributed by atoms with Crippen molar-refractivity contribution in [2.75, 3.05) is 20.1 Å². The van der Waals surface area contributed by atoms with Gasteiger partial charge in [-0.15, -0.1) is 0 Å². The van der Waals surface area contributed by atoms with Crippen LogP contribution in [0.5, 0.6) is 0 Å². The summed E-state index contributed by atoms with van der Waals surface area (Å²) in [6, 6.07) is 0. The molecular weight excluding hydrogens is 138 g/mol. The third-order valence-corrected chi connectivity index (χ3v) is 1.61. The van der Waals surface area contributed by atoms with Gasteiger partial charge in [0.05, 0.1) is 12.2 Å². The molecule has 0 aliphatic rings. The molecule has 68 valence electrons. The summed E-state index contributed by atoms with van der Waals surface area (Å²) in [7, 11) is 2.11. The van der Waals surface area contributed by atoms with E-state index in [4.69, 9.17) is 4.74 Å². The lowest BCUT2D eigenvalue weighted by atomic mass is 10.3. The maximum atomic E-state index is 5.58. The molecule has 0 aromatic heterocycles. The Morgan fingerprint density at radius 1 is 1.27 bits per heavy atom. The second-order valence-corrected chi connectivity index (χ2v) is 3.35. The second-order valence-electron chi connectivity index (χ2n) is 3.35. The van der Waals surface area contributed by atoms with Crippen LogP contribution >= 0.6 is 0 Å². The minimum Gasteiger partial charge on any atom is -0.375 e. The van der Waals surface area contributed by atoms with E-state index in [1.54, 1.807) is 0 Å². The molecule has 2 nitrogen and oxygen atoms in total. The van der Waals surface area contributed by atoms with Gasteiger partial charge in [-0.3, -0.25) is 0 Å². The lowest BCUT2D eigenvalue weighted by molar-refractivity contribution is 0.00341. The molecule has 0 rings (SSSR count). The smallest absolute Gasteiger partial charge is 0.0677 e. The molecule has 0 heterocycles. The molecule has 0 saturated heterocycles. The van der Waals surface area contributed by atoms with Crippen LogP contribution in [0.2, 0.25) is 0 Å². The summed E-state index contributed by atoms with van der Waals surface area (Å²) in [5.41, 5.74) is 0. The Morgan fingerprint density at radius 3 is 2.18 bits per heavy atom. The number of ether oxygens (including phenoxy) is 1. The van der Waals surface area contributed by atoms with E-state index >= 15 is 0 Å². The van der Waals surface area contributed by atoms with Gasteiger partial charge in [-0.1, -0.05) is 6.92 Å². The van der Waals surface area contributed by atoms with Crippen molar-refractivity contribution in [3.8, 4) is 0 Å². The fraction of sp³-hybridized carbons (Fsp3) is 1.00. The Labute approximate surface area is 70.5 Å². The maximum Gasteiger partial charge on any atom is 0.0677 e.